The molecule has 2 aromatic carbocycles. The van der Waals surface area contributed by atoms with Crippen LogP contribution in [0.15, 0.2) is 41.0 Å². The summed E-state index contributed by atoms with van der Waals surface area (Å²) in [5.41, 5.74) is 3.41. The Morgan fingerprint density at radius 2 is 1.81 bits per heavy atom. The number of morpholine rings is 1. The van der Waals surface area contributed by atoms with E-state index in [2.05, 4.69) is 5.32 Å². The van der Waals surface area contributed by atoms with Crippen molar-refractivity contribution in [1.29, 1.82) is 0 Å². The van der Waals surface area contributed by atoms with Crippen LogP contribution in [-0.2, 0) is 22.1 Å². The molecule has 4 rings (SSSR count). The molecule has 1 aliphatic rings. The summed E-state index contributed by atoms with van der Waals surface area (Å²) in [6, 6.07) is 7.30. The predicted octanol–water partition coefficient (Wildman–Crippen LogP) is 5.09. The van der Waals surface area contributed by atoms with Crippen molar-refractivity contribution in [2.24, 2.45) is 0 Å². The van der Waals surface area contributed by atoms with Gasteiger partial charge in [-0.1, -0.05) is 0 Å². The van der Waals surface area contributed by atoms with E-state index in [9.17, 15) is 18.0 Å². The van der Waals surface area contributed by atoms with Crippen molar-refractivity contribution in [2.75, 3.05) is 36.5 Å². The maximum atomic E-state index is 13.3. The number of hydrogen-bond donors (Lipinski definition) is 1. The van der Waals surface area contributed by atoms with Crippen LogP contribution in [0.4, 0.5) is 24.5 Å². The fourth-order valence-electron chi connectivity index (χ4n) is 3.73. The number of rotatable bonds is 4. The molecule has 1 aromatic heterocycles. The highest BCUT2D eigenvalue weighted by Crippen LogP contribution is 2.36. The molecule has 0 saturated carbocycles. The zero-order chi connectivity index (χ0) is 22.2. The van der Waals surface area contributed by atoms with Gasteiger partial charge in [-0.15, -0.1) is 0 Å². The molecule has 1 saturated heterocycles. The number of carbonyl (C=O) groups is 1. The summed E-state index contributed by atoms with van der Waals surface area (Å²) < 4.78 is 50.7. The standard InChI is InChI=1S/C23H23F3N2O3/c1-14-9-18-16(13-31-21(18)10-15(14)2)11-22(29)27-19-12-17(23(24,25)26)3-4-20(19)28-5-7-30-8-6-28/h3-4,9-10,12-13H,5-8,11H2,1-2H3,(H,27,29). The second-order valence-corrected chi connectivity index (χ2v) is 7.75. The third kappa shape index (κ3) is 4.54. The largest absolute Gasteiger partial charge is 0.464 e. The molecule has 3 aromatic rings. The molecular weight excluding hydrogens is 409 g/mol. The third-order valence-corrected chi connectivity index (χ3v) is 5.57. The van der Waals surface area contributed by atoms with E-state index in [0.717, 1.165) is 28.6 Å². The Kier molecular flexibility index (Phi) is 5.66. The number of hydrogen-bond acceptors (Lipinski definition) is 4. The number of benzene rings is 2. The molecular formula is C23H23F3N2O3. The Morgan fingerprint density at radius 1 is 1.10 bits per heavy atom. The molecule has 8 heteroatoms. The van der Waals surface area contributed by atoms with E-state index in [1.54, 1.807) is 0 Å². The summed E-state index contributed by atoms with van der Waals surface area (Å²) in [7, 11) is 0. The summed E-state index contributed by atoms with van der Waals surface area (Å²) in [6.45, 7) is 5.99. The summed E-state index contributed by atoms with van der Waals surface area (Å²) in [5.74, 6) is -0.408. The Hall–Kier alpha value is -3.00. The lowest BCUT2D eigenvalue weighted by Gasteiger charge is -2.31. The number of fused-ring (bicyclic) bond motifs is 1. The van der Waals surface area contributed by atoms with Crippen LogP contribution in [0.3, 0.4) is 0 Å². The average molecular weight is 432 g/mol. The van der Waals surface area contributed by atoms with Gasteiger partial charge in [0.15, 0.2) is 0 Å². The number of halogens is 3. The van der Waals surface area contributed by atoms with Gasteiger partial charge in [0.25, 0.3) is 0 Å². The normalized spacial score (nSPS) is 14.8. The number of anilines is 2. The average Bonchev–Trinajstić information content (AvgIpc) is 3.09. The predicted molar refractivity (Wildman–Crippen MR) is 112 cm³/mol. The molecule has 0 spiro atoms. The lowest BCUT2D eigenvalue weighted by atomic mass is 10.0. The number of furan rings is 1. The zero-order valence-electron chi connectivity index (χ0n) is 17.3. The topological polar surface area (TPSA) is 54.7 Å². The molecule has 31 heavy (non-hydrogen) atoms. The van der Waals surface area contributed by atoms with Crippen molar-refractivity contribution in [2.45, 2.75) is 26.4 Å². The van der Waals surface area contributed by atoms with Crippen molar-refractivity contribution in [3.05, 3.63) is 58.8 Å². The minimum absolute atomic E-state index is 0.00566. The fraction of sp³-hybridized carbons (Fsp3) is 0.348. The summed E-state index contributed by atoms with van der Waals surface area (Å²) in [4.78, 5) is 14.7. The molecule has 5 nitrogen and oxygen atoms in total. The smallest absolute Gasteiger partial charge is 0.416 e. The number of carbonyl (C=O) groups excluding carboxylic acids is 1. The molecule has 1 N–H and O–H groups in total. The number of ether oxygens (including phenoxy) is 1. The van der Waals surface area contributed by atoms with Gasteiger partial charge in [-0.05, 0) is 55.3 Å². The summed E-state index contributed by atoms with van der Waals surface area (Å²) in [6.07, 6.45) is -2.98. The molecule has 2 heterocycles. The summed E-state index contributed by atoms with van der Waals surface area (Å²) >= 11 is 0. The molecule has 0 atom stereocenters. The van der Waals surface area contributed by atoms with Crippen molar-refractivity contribution >= 4 is 28.3 Å². The highest BCUT2D eigenvalue weighted by Gasteiger charge is 2.32. The quantitative estimate of drug-likeness (QED) is 0.624. The highest BCUT2D eigenvalue weighted by atomic mass is 19.4. The van der Waals surface area contributed by atoms with E-state index in [4.69, 9.17) is 9.15 Å². The number of alkyl halides is 3. The first-order chi connectivity index (χ1) is 14.7. The minimum atomic E-state index is -4.50. The number of aryl methyl sites for hydroxylation is 2. The Morgan fingerprint density at radius 3 is 2.52 bits per heavy atom. The number of amides is 1. The van der Waals surface area contributed by atoms with Crippen LogP contribution in [0.5, 0.6) is 0 Å². The SMILES string of the molecule is Cc1cc2occ(CC(=O)Nc3cc(C(F)(F)F)ccc3N3CCOCC3)c2cc1C. The Bertz CT molecular complexity index is 1120. The molecule has 1 aliphatic heterocycles. The monoisotopic (exact) mass is 432 g/mol. The third-order valence-electron chi connectivity index (χ3n) is 5.57. The molecule has 1 fully saturated rings. The first-order valence-electron chi connectivity index (χ1n) is 10.0. The Labute approximate surface area is 177 Å². The number of nitrogens with zero attached hydrogens (tertiary/aromatic N) is 1. The van der Waals surface area contributed by atoms with Crippen LogP contribution < -0.4 is 10.2 Å². The molecule has 164 valence electrons. The lowest BCUT2D eigenvalue weighted by Crippen LogP contribution is -2.37. The van der Waals surface area contributed by atoms with Crippen LogP contribution in [0.25, 0.3) is 11.0 Å². The number of nitrogens with one attached hydrogen (secondary N) is 1. The molecule has 0 radical (unpaired) electrons. The Balaban J connectivity index is 1.61. The van der Waals surface area contributed by atoms with Gasteiger partial charge in [0.2, 0.25) is 5.91 Å². The first-order valence-corrected chi connectivity index (χ1v) is 10.0. The molecule has 0 unspecified atom stereocenters. The first kappa shape index (κ1) is 21.2. The highest BCUT2D eigenvalue weighted by molar-refractivity contribution is 5.98. The second-order valence-electron chi connectivity index (χ2n) is 7.75. The van der Waals surface area contributed by atoms with E-state index >= 15 is 0 Å². The van der Waals surface area contributed by atoms with Gasteiger partial charge in [-0.3, -0.25) is 4.79 Å². The van der Waals surface area contributed by atoms with E-state index in [1.165, 1.54) is 12.3 Å². The van der Waals surface area contributed by atoms with E-state index in [0.29, 0.717) is 43.1 Å². The zero-order valence-corrected chi connectivity index (χ0v) is 17.3. The fourth-order valence-corrected chi connectivity index (χ4v) is 3.73. The van der Waals surface area contributed by atoms with Crippen molar-refractivity contribution in [3.8, 4) is 0 Å². The second kappa shape index (κ2) is 8.26. The van der Waals surface area contributed by atoms with Gasteiger partial charge in [0.05, 0.1) is 42.8 Å². The molecule has 0 aliphatic carbocycles. The van der Waals surface area contributed by atoms with Gasteiger partial charge >= 0.3 is 6.18 Å². The van der Waals surface area contributed by atoms with Crippen LogP contribution in [0, 0.1) is 13.8 Å². The molecule has 0 bridgehead atoms. The van der Waals surface area contributed by atoms with Gasteiger partial charge in [0.1, 0.15) is 5.58 Å². The van der Waals surface area contributed by atoms with Crippen LogP contribution in [0.1, 0.15) is 22.3 Å². The van der Waals surface area contributed by atoms with Crippen LogP contribution >= 0.6 is 0 Å². The van der Waals surface area contributed by atoms with E-state index < -0.39 is 17.6 Å². The van der Waals surface area contributed by atoms with Crippen LogP contribution in [0.2, 0.25) is 0 Å². The van der Waals surface area contributed by atoms with Gasteiger partial charge < -0.3 is 19.4 Å². The van der Waals surface area contributed by atoms with Gasteiger partial charge in [-0.25, -0.2) is 0 Å². The van der Waals surface area contributed by atoms with Crippen LogP contribution in [-0.4, -0.2) is 32.2 Å². The van der Waals surface area contributed by atoms with Gasteiger partial charge in [-0.2, -0.15) is 13.2 Å². The van der Waals surface area contributed by atoms with Crippen molar-refractivity contribution in [3.63, 3.8) is 0 Å². The van der Waals surface area contributed by atoms with Gasteiger partial charge in [0, 0.05) is 24.0 Å². The molecule has 1 amide bonds. The maximum absolute atomic E-state index is 13.3. The van der Waals surface area contributed by atoms with Crippen molar-refractivity contribution in [1.82, 2.24) is 0 Å². The lowest BCUT2D eigenvalue weighted by molar-refractivity contribution is -0.137. The van der Waals surface area contributed by atoms with E-state index in [1.807, 2.05) is 30.9 Å². The minimum Gasteiger partial charge on any atom is -0.464 e. The van der Waals surface area contributed by atoms with Crippen molar-refractivity contribution < 1.29 is 27.1 Å². The van der Waals surface area contributed by atoms with E-state index in [-0.39, 0.29) is 12.1 Å². The maximum Gasteiger partial charge on any atom is 0.416 e. The summed E-state index contributed by atoms with van der Waals surface area (Å²) in [5, 5.41) is 3.52.